The van der Waals surface area contributed by atoms with Gasteiger partial charge in [0.2, 0.25) is 0 Å². The Kier molecular flexibility index (Phi) is 3.26. The fraction of sp³-hybridized carbons (Fsp3) is 0.154. The topological polar surface area (TPSA) is 17.1 Å². The van der Waals surface area contributed by atoms with Crippen molar-refractivity contribution in [3.8, 4) is 0 Å². The molecular formula is C13H11BrOS. The van der Waals surface area contributed by atoms with Crippen molar-refractivity contribution in [1.29, 1.82) is 0 Å². The standard InChI is InChI=1S/C13H11BrOS/c1-8-4-3-5-10(9(8)2)13(15)11-6-16-7-12(11)14/h3-7H,1-2H3. The molecule has 0 aliphatic carbocycles. The molecule has 0 unspecified atom stereocenters. The second kappa shape index (κ2) is 4.52. The average molecular weight is 295 g/mol. The number of rotatable bonds is 2. The Hall–Kier alpha value is -0.930. The van der Waals surface area contributed by atoms with Gasteiger partial charge in [-0.25, -0.2) is 0 Å². The Labute approximate surface area is 107 Å². The van der Waals surface area contributed by atoms with Crippen LogP contribution in [0.3, 0.4) is 0 Å². The molecule has 0 radical (unpaired) electrons. The van der Waals surface area contributed by atoms with Crippen molar-refractivity contribution in [2.45, 2.75) is 13.8 Å². The highest BCUT2D eigenvalue weighted by Crippen LogP contribution is 2.25. The molecule has 0 N–H and O–H groups in total. The van der Waals surface area contributed by atoms with Crippen molar-refractivity contribution in [3.05, 3.63) is 55.7 Å². The molecular weight excluding hydrogens is 284 g/mol. The second-order valence-electron chi connectivity index (χ2n) is 3.71. The number of aryl methyl sites for hydroxylation is 1. The van der Waals surface area contributed by atoms with E-state index in [1.165, 1.54) is 11.3 Å². The van der Waals surface area contributed by atoms with Crippen molar-refractivity contribution in [1.82, 2.24) is 0 Å². The third-order valence-corrected chi connectivity index (χ3v) is 4.41. The van der Waals surface area contributed by atoms with Crippen LogP contribution in [0.1, 0.15) is 27.0 Å². The van der Waals surface area contributed by atoms with Crippen LogP contribution in [0, 0.1) is 13.8 Å². The fourth-order valence-corrected chi connectivity index (χ4v) is 3.04. The molecule has 0 amide bonds. The van der Waals surface area contributed by atoms with Gasteiger partial charge >= 0.3 is 0 Å². The second-order valence-corrected chi connectivity index (χ2v) is 5.31. The number of thiophene rings is 1. The molecule has 82 valence electrons. The largest absolute Gasteiger partial charge is 0.289 e. The molecule has 1 heterocycles. The van der Waals surface area contributed by atoms with Crippen molar-refractivity contribution < 1.29 is 4.79 Å². The van der Waals surface area contributed by atoms with Crippen LogP contribution in [-0.2, 0) is 0 Å². The minimum atomic E-state index is 0.0920. The summed E-state index contributed by atoms with van der Waals surface area (Å²) in [6.07, 6.45) is 0. The van der Waals surface area contributed by atoms with E-state index in [0.29, 0.717) is 0 Å². The van der Waals surface area contributed by atoms with Crippen LogP contribution in [0.2, 0.25) is 0 Å². The first kappa shape index (κ1) is 11.6. The third-order valence-electron chi connectivity index (χ3n) is 2.71. The maximum absolute atomic E-state index is 12.3. The molecule has 16 heavy (non-hydrogen) atoms. The van der Waals surface area contributed by atoms with Gasteiger partial charge in [0.1, 0.15) is 0 Å². The minimum absolute atomic E-state index is 0.0920. The van der Waals surface area contributed by atoms with Gasteiger partial charge in [-0.15, -0.1) is 0 Å². The highest BCUT2D eigenvalue weighted by Gasteiger charge is 2.15. The normalized spacial score (nSPS) is 10.4. The summed E-state index contributed by atoms with van der Waals surface area (Å²) in [5, 5.41) is 3.81. The summed E-state index contributed by atoms with van der Waals surface area (Å²) in [6.45, 7) is 4.01. The summed E-state index contributed by atoms with van der Waals surface area (Å²) in [6, 6.07) is 5.83. The molecule has 1 aromatic heterocycles. The maximum atomic E-state index is 12.3. The zero-order valence-corrected chi connectivity index (χ0v) is 11.5. The molecule has 0 atom stereocenters. The predicted molar refractivity (Wildman–Crippen MR) is 71.4 cm³/mol. The van der Waals surface area contributed by atoms with Gasteiger partial charge in [0.05, 0.1) is 0 Å². The Morgan fingerprint density at radius 2 is 1.94 bits per heavy atom. The molecule has 2 rings (SSSR count). The lowest BCUT2D eigenvalue weighted by atomic mass is 9.98. The fourth-order valence-electron chi connectivity index (χ4n) is 1.59. The van der Waals surface area contributed by atoms with E-state index < -0.39 is 0 Å². The molecule has 0 fully saturated rings. The first-order valence-corrected chi connectivity index (χ1v) is 6.67. The van der Waals surface area contributed by atoms with Gasteiger partial charge in [0.25, 0.3) is 0 Å². The van der Waals surface area contributed by atoms with Gasteiger partial charge in [-0.1, -0.05) is 18.2 Å². The molecule has 1 nitrogen and oxygen atoms in total. The van der Waals surface area contributed by atoms with Crippen molar-refractivity contribution in [2.24, 2.45) is 0 Å². The molecule has 0 spiro atoms. The quantitative estimate of drug-likeness (QED) is 0.752. The SMILES string of the molecule is Cc1cccc(C(=O)c2cscc2Br)c1C. The summed E-state index contributed by atoms with van der Waals surface area (Å²) in [7, 11) is 0. The van der Waals surface area contributed by atoms with Crippen LogP contribution in [0.15, 0.2) is 33.4 Å². The van der Waals surface area contributed by atoms with Gasteiger partial charge < -0.3 is 0 Å². The van der Waals surface area contributed by atoms with E-state index in [1.54, 1.807) is 0 Å². The number of hydrogen-bond donors (Lipinski definition) is 0. The lowest BCUT2D eigenvalue weighted by Crippen LogP contribution is -2.04. The van der Waals surface area contributed by atoms with Gasteiger partial charge in [-0.2, -0.15) is 11.3 Å². The molecule has 0 bridgehead atoms. The molecule has 0 aliphatic heterocycles. The van der Waals surface area contributed by atoms with Crippen molar-refractivity contribution in [2.75, 3.05) is 0 Å². The van der Waals surface area contributed by atoms with Crippen LogP contribution in [0.25, 0.3) is 0 Å². The van der Waals surface area contributed by atoms with Gasteiger partial charge in [-0.3, -0.25) is 4.79 Å². The first-order valence-electron chi connectivity index (χ1n) is 4.94. The Morgan fingerprint density at radius 3 is 2.56 bits per heavy atom. The van der Waals surface area contributed by atoms with Gasteiger partial charge in [0, 0.05) is 26.4 Å². The number of halogens is 1. The van der Waals surface area contributed by atoms with E-state index in [-0.39, 0.29) is 5.78 Å². The number of benzene rings is 1. The van der Waals surface area contributed by atoms with Crippen LogP contribution in [-0.4, -0.2) is 5.78 Å². The zero-order valence-electron chi connectivity index (χ0n) is 9.08. The number of carbonyl (C=O) groups excluding carboxylic acids is 1. The van der Waals surface area contributed by atoms with E-state index in [2.05, 4.69) is 15.9 Å². The first-order chi connectivity index (χ1) is 7.61. The van der Waals surface area contributed by atoms with Crippen LogP contribution >= 0.6 is 27.3 Å². The number of carbonyl (C=O) groups is 1. The van der Waals surface area contributed by atoms with E-state index >= 15 is 0 Å². The summed E-state index contributed by atoms with van der Waals surface area (Å²) in [5.74, 6) is 0.0920. The molecule has 0 aliphatic rings. The number of ketones is 1. The summed E-state index contributed by atoms with van der Waals surface area (Å²) in [4.78, 5) is 12.3. The van der Waals surface area contributed by atoms with Crippen LogP contribution in [0.4, 0.5) is 0 Å². The lowest BCUT2D eigenvalue weighted by molar-refractivity contribution is 0.103. The Balaban J connectivity index is 2.50. The molecule has 3 heteroatoms. The zero-order chi connectivity index (χ0) is 11.7. The average Bonchev–Trinajstić information content (AvgIpc) is 2.68. The molecule has 0 saturated carbocycles. The summed E-state index contributed by atoms with van der Waals surface area (Å²) >= 11 is 4.93. The predicted octanol–water partition coefficient (Wildman–Crippen LogP) is 4.36. The van der Waals surface area contributed by atoms with E-state index in [1.807, 2.05) is 42.8 Å². The van der Waals surface area contributed by atoms with Crippen molar-refractivity contribution in [3.63, 3.8) is 0 Å². The van der Waals surface area contributed by atoms with Crippen LogP contribution in [0.5, 0.6) is 0 Å². The smallest absolute Gasteiger partial charge is 0.195 e. The number of hydrogen-bond acceptors (Lipinski definition) is 2. The van der Waals surface area contributed by atoms with E-state index in [4.69, 9.17) is 0 Å². The third kappa shape index (κ3) is 1.97. The highest BCUT2D eigenvalue weighted by atomic mass is 79.9. The van der Waals surface area contributed by atoms with Gasteiger partial charge in [0.15, 0.2) is 5.78 Å². The monoisotopic (exact) mass is 294 g/mol. The molecule has 0 saturated heterocycles. The molecule has 1 aromatic carbocycles. The van der Waals surface area contributed by atoms with Gasteiger partial charge in [-0.05, 0) is 40.9 Å². The highest BCUT2D eigenvalue weighted by molar-refractivity contribution is 9.10. The Bertz CT molecular complexity index is 543. The Morgan fingerprint density at radius 1 is 1.19 bits per heavy atom. The summed E-state index contributed by atoms with van der Waals surface area (Å²) < 4.78 is 0.878. The lowest BCUT2D eigenvalue weighted by Gasteiger charge is -2.06. The van der Waals surface area contributed by atoms with E-state index in [0.717, 1.165) is 26.7 Å². The van der Waals surface area contributed by atoms with E-state index in [9.17, 15) is 4.79 Å². The van der Waals surface area contributed by atoms with Crippen molar-refractivity contribution >= 4 is 33.0 Å². The minimum Gasteiger partial charge on any atom is -0.289 e. The van der Waals surface area contributed by atoms with Crippen LogP contribution < -0.4 is 0 Å². The maximum Gasteiger partial charge on any atom is 0.195 e. The summed E-state index contributed by atoms with van der Waals surface area (Å²) in [5.41, 5.74) is 3.75. The molecule has 2 aromatic rings.